The van der Waals surface area contributed by atoms with Crippen molar-refractivity contribution in [1.82, 2.24) is 24.9 Å². The molecule has 0 aliphatic rings. The third kappa shape index (κ3) is 4.08. The summed E-state index contributed by atoms with van der Waals surface area (Å²) in [7, 11) is 0. The number of carbonyl (C=O) groups excluding carboxylic acids is 1. The summed E-state index contributed by atoms with van der Waals surface area (Å²) in [5.74, 6) is -0.721. The van der Waals surface area contributed by atoms with Crippen LogP contribution in [0, 0.1) is 12.7 Å². The Morgan fingerprint density at radius 1 is 1.07 bits per heavy atom. The van der Waals surface area contributed by atoms with Gasteiger partial charge in [0.05, 0.1) is 28.8 Å². The van der Waals surface area contributed by atoms with Crippen molar-refractivity contribution >= 4 is 29.1 Å². The van der Waals surface area contributed by atoms with Crippen LogP contribution in [0.1, 0.15) is 21.6 Å². The van der Waals surface area contributed by atoms with Crippen molar-refractivity contribution in [2.24, 2.45) is 0 Å². The maximum atomic E-state index is 13.2. The van der Waals surface area contributed by atoms with Gasteiger partial charge in [0.25, 0.3) is 5.91 Å². The summed E-state index contributed by atoms with van der Waals surface area (Å²) in [6.07, 6.45) is 3.49. The number of carbonyl (C=O) groups is 1. The number of aromatic nitrogens is 4. The molecule has 2 heterocycles. The fraction of sp³-hybridized carbons (Fsp3) is 0.0952. The van der Waals surface area contributed by atoms with Gasteiger partial charge in [-0.1, -0.05) is 23.2 Å². The second-order valence-electron chi connectivity index (χ2n) is 6.59. The van der Waals surface area contributed by atoms with E-state index in [1.165, 1.54) is 16.8 Å². The van der Waals surface area contributed by atoms with Gasteiger partial charge in [0.15, 0.2) is 0 Å². The zero-order valence-corrected chi connectivity index (χ0v) is 17.3. The molecule has 2 aromatic heterocycles. The Morgan fingerprint density at radius 2 is 1.73 bits per heavy atom. The van der Waals surface area contributed by atoms with Crippen LogP contribution in [0.3, 0.4) is 0 Å². The highest BCUT2D eigenvalue weighted by atomic mass is 35.5. The third-order valence-corrected chi connectivity index (χ3v) is 5.08. The molecule has 0 saturated carbocycles. The quantitative estimate of drug-likeness (QED) is 0.484. The average molecular weight is 444 g/mol. The van der Waals surface area contributed by atoms with Crippen LogP contribution in [0.4, 0.5) is 4.39 Å². The number of nitrogens with zero attached hydrogens (tertiary/aromatic N) is 4. The van der Waals surface area contributed by atoms with Crippen molar-refractivity contribution in [3.63, 3.8) is 0 Å². The normalized spacial score (nSPS) is 10.9. The zero-order valence-electron chi connectivity index (χ0n) is 15.8. The Bertz CT molecular complexity index is 1200. The first-order valence-electron chi connectivity index (χ1n) is 9.01. The first-order chi connectivity index (χ1) is 14.4. The van der Waals surface area contributed by atoms with E-state index in [4.69, 9.17) is 23.2 Å². The average Bonchev–Trinajstić information content (AvgIpc) is 3.32. The molecule has 0 spiro atoms. The highest BCUT2D eigenvalue weighted by Crippen LogP contribution is 2.24. The van der Waals surface area contributed by atoms with Crippen LogP contribution in [0.15, 0.2) is 60.9 Å². The second kappa shape index (κ2) is 8.30. The molecule has 0 atom stereocenters. The van der Waals surface area contributed by atoms with Gasteiger partial charge in [-0.05, 0) is 55.5 Å². The minimum absolute atomic E-state index is 0.161. The lowest BCUT2D eigenvalue weighted by Crippen LogP contribution is -2.23. The molecule has 0 unspecified atom stereocenters. The Labute approximate surface area is 181 Å². The predicted octanol–water partition coefficient (Wildman–Crippen LogP) is 4.74. The van der Waals surface area contributed by atoms with Crippen LogP contribution in [0.2, 0.25) is 10.2 Å². The lowest BCUT2D eigenvalue weighted by Gasteiger charge is -2.05. The maximum absolute atomic E-state index is 13.2. The molecular weight excluding hydrogens is 428 g/mol. The van der Waals surface area contributed by atoms with Crippen LogP contribution in [-0.2, 0) is 6.54 Å². The summed E-state index contributed by atoms with van der Waals surface area (Å²) in [6, 6.07) is 13.0. The SMILES string of the molecule is Cc1nn(-c2ccc(F)cc2)c(Cl)c1C(=O)NCc1cnn(-c2ccc(Cl)cc2)c1. The lowest BCUT2D eigenvalue weighted by atomic mass is 10.2. The molecule has 9 heteroatoms. The van der Waals surface area contributed by atoms with E-state index in [1.54, 1.807) is 42.1 Å². The van der Waals surface area contributed by atoms with E-state index in [9.17, 15) is 9.18 Å². The van der Waals surface area contributed by atoms with Gasteiger partial charge in [0.2, 0.25) is 0 Å². The summed E-state index contributed by atoms with van der Waals surface area (Å²) >= 11 is 12.3. The van der Waals surface area contributed by atoms with E-state index in [-0.39, 0.29) is 29.0 Å². The van der Waals surface area contributed by atoms with Crippen LogP contribution in [0.25, 0.3) is 11.4 Å². The van der Waals surface area contributed by atoms with Crippen molar-refractivity contribution < 1.29 is 9.18 Å². The number of hydrogen-bond acceptors (Lipinski definition) is 3. The van der Waals surface area contributed by atoms with Gasteiger partial charge in [-0.3, -0.25) is 4.79 Å². The van der Waals surface area contributed by atoms with Gasteiger partial charge in [-0.2, -0.15) is 10.2 Å². The predicted molar refractivity (Wildman–Crippen MR) is 113 cm³/mol. The smallest absolute Gasteiger partial charge is 0.256 e. The molecule has 1 N–H and O–H groups in total. The molecular formula is C21H16Cl2FN5O. The van der Waals surface area contributed by atoms with Gasteiger partial charge in [-0.15, -0.1) is 0 Å². The van der Waals surface area contributed by atoms with Crippen LogP contribution < -0.4 is 5.32 Å². The summed E-state index contributed by atoms with van der Waals surface area (Å²) in [4.78, 5) is 12.7. The summed E-state index contributed by atoms with van der Waals surface area (Å²) in [6.45, 7) is 1.96. The molecule has 152 valence electrons. The molecule has 0 bridgehead atoms. The number of rotatable bonds is 5. The summed E-state index contributed by atoms with van der Waals surface area (Å²) in [5.41, 5.74) is 2.98. The van der Waals surface area contributed by atoms with Gasteiger partial charge >= 0.3 is 0 Å². The monoisotopic (exact) mass is 443 g/mol. The Hall–Kier alpha value is -3.16. The van der Waals surface area contributed by atoms with Crippen molar-refractivity contribution in [2.45, 2.75) is 13.5 Å². The summed E-state index contributed by atoms with van der Waals surface area (Å²) in [5, 5.41) is 12.3. The molecule has 6 nitrogen and oxygen atoms in total. The number of halogens is 3. The highest BCUT2D eigenvalue weighted by molar-refractivity contribution is 6.33. The molecule has 0 saturated heterocycles. The van der Waals surface area contributed by atoms with E-state index in [1.807, 2.05) is 18.3 Å². The first kappa shape index (κ1) is 20.1. The standard InChI is InChI=1S/C21H16Cl2FN5O/c1-13-19(20(23)29(27-13)18-8-4-16(24)5-9-18)21(30)25-10-14-11-26-28(12-14)17-6-2-15(22)3-7-17/h2-9,11-12H,10H2,1H3,(H,25,30). The lowest BCUT2D eigenvalue weighted by molar-refractivity contribution is 0.0950. The third-order valence-electron chi connectivity index (χ3n) is 4.48. The molecule has 30 heavy (non-hydrogen) atoms. The van der Waals surface area contributed by atoms with Crippen LogP contribution in [-0.4, -0.2) is 25.5 Å². The number of aryl methyl sites for hydroxylation is 1. The number of hydrogen-bond donors (Lipinski definition) is 1. The Morgan fingerprint density at radius 3 is 2.43 bits per heavy atom. The van der Waals surface area contributed by atoms with E-state index in [0.717, 1.165) is 11.3 Å². The molecule has 4 aromatic rings. The first-order valence-corrected chi connectivity index (χ1v) is 9.77. The van der Waals surface area contributed by atoms with Gasteiger partial charge in [0.1, 0.15) is 11.0 Å². The van der Waals surface area contributed by atoms with E-state index in [0.29, 0.717) is 16.4 Å². The summed E-state index contributed by atoms with van der Waals surface area (Å²) < 4.78 is 16.3. The zero-order chi connectivity index (χ0) is 21.3. The van der Waals surface area contributed by atoms with Crippen molar-refractivity contribution in [1.29, 1.82) is 0 Å². The number of amides is 1. The van der Waals surface area contributed by atoms with Crippen molar-refractivity contribution in [3.8, 4) is 11.4 Å². The van der Waals surface area contributed by atoms with E-state index in [2.05, 4.69) is 15.5 Å². The fourth-order valence-electron chi connectivity index (χ4n) is 2.97. The molecule has 0 fully saturated rings. The molecule has 0 aliphatic carbocycles. The van der Waals surface area contributed by atoms with Crippen molar-refractivity contribution in [3.05, 3.63) is 93.7 Å². The largest absolute Gasteiger partial charge is 0.348 e. The minimum Gasteiger partial charge on any atom is -0.348 e. The highest BCUT2D eigenvalue weighted by Gasteiger charge is 2.21. The van der Waals surface area contributed by atoms with Crippen LogP contribution >= 0.6 is 23.2 Å². The van der Waals surface area contributed by atoms with E-state index >= 15 is 0 Å². The van der Waals surface area contributed by atoms with E-state index < -0.39 is 0 Å². The molecule has 2 aromatic carbocycles. The molecule has 0 radical (unpaired) electrons. The van der Waals surface area contributed by atoms with Gasteiger partial charge in [0, 0.05) is 23.3 Å². The minimum atomic E-state index is -0.365. The number of nitrogens with one attached hydrogen (secondary N) is 1. The Balaban J connectivity index is 1.48. The van der Waals surface area contributed by atoms with Gasteiger partial charge < -0.3 is 5.32 Å². The second-order valence-corrected chi connectivity index (χ2v) is 7.39. The number of benzene rings is 2. The van der Waals surface area contributed by atoms with Crippen molar-refractivity contribution in [2.75, 3.05) is 0 Å². The fourth-order valence-corrected chi connectivity index (χ4v) is 3.45. The molecule has 0 aliphatic heterocycles. The topological polar surface area (TPSA) is 64.7 Å². The molecule has 4 rings (SSSR count). The van der Waals surface area contributed by atoms with Gasteiger partial charge in [-0.25, -0.2) is 13.8 Å². The van der Waals surface area contributed by atoms with Crippen LogP contribution in [0.5, 0.6) is 0 Å². The maximum Gasteiger partial charge on any atom is 0.256 e. The Kier molecular flexibility index (Phi) is 5.57. The molecule has 1 amide bonds.